The van der Waals surface area contributed by atoms with E-state index < -0.39 is 5.60 Å². The Labute approximate surface area is 173 Å². The zero-order chi connectivity index (χ0) is 20.9. The normalized spacial score (nSPS) is 21.9. The van der Waals surface area contributed by atoms with E-state index in [2.05, 4.69) is 36.6 Å². The van der Waals surface area contributed by atoms with Crippen LogP contribution in [0.1, 0.15) is 32.6 Å². The van der Waals surface area contributed by atoms with Crippen molar-refractivity contribution in [1.82, 2.24) is 29.9 Å². The largest absolute Gasteiger partial charge is 0.480 e. The van der Waals surface area contributed by atoms with Gasteiger partial charge in [0.15, 0.2) is 0 Å². The molecule has 3 N–H and O–H groups in total. The molecule has 1 fully saturated rings. The van der Waals surface area contributed by atoms with E-state index in [4.69, 9.17) is 4.74 Å². The number of benzene rings is 1. The van der Waals surface area contributed by atoms with Gasteiger partial charge < -0.3 is 20.1 Å². The van der Waals surface area contributed by atoms with Crippen molar-refractivity contribution in [3.05, 3.63) is 24.4 Å². The summed E-state index contributed by atoms with van der Waals surface area (Å²) in [5.41, 5.74) is 3.92. The molecule has 4 aromatic rings. The minimum absolute atomic E-state index is 0.238. The molecule has 156 valence electrons. The first kappa shape index (κ1) is 18.8. The first-order chi connectivity index (χ1) is 14.4. The molecule has 1 aliphatic rings. The average Bonchev–Trinajstić information content (AvgIpc) is 3.32. The Morgan fingerprint density at radius 1 is 1.27 bits per heavy atom. The van der Waals surface area contributed by atoms with E-state index in [0.717, 1.165) is 53.2 Å². The van der Waals surface area contributed by atoms with Crippen LogP contribution in [0.3, 0.4) is 0 Å². The first-order valence-corrected chi connectivity index (χ1v) is 10.2. The molecular weight excluding hydrogens is 382 g/mol. The van der Waals surface area contributed by atoms with Gasteiger partial charge in [-0.3, -0.25) is 0 Å². The van der Waals surface area contributed by atoms with E-state index >= 15 is 0 Å². The summed E-state index contributed by atoms with van der Waals surface area (Å²) in [7, 11) is 3.50. The molecule has 1 saturated carbocycles. The number of anilines is 1. The smallest absolute Gasteiger partial charge is 0.228 e. The molecule has 0 atom stereocenters. The second kappa shape index (κ2) is 6.94. The summed E-state index contributed by atoms with van der Waals surface area (Å²) >= 11 is 0. The number of hydrogen-bond acceptors (Lipinski definition) is 7. The number of aryl methyl sites for hydroxylation is 1. The van der Waals surface area contributed by atoms with Gasteiger partial charge in [-0.2, -0.15) is 9.97 Å². The minimum Gasteiger partial charge on any atom is -0.480 e. The maximum atomic E-state index is 10.2. The van der Waals surface area contributed by atoms with Crippen LogP contribution >= 0.6 is 0 Å². The van der Waals surface area contributed by atoms with Gasteiger partial charge in [0, 0.05) is 24.8 Å². The van der Waals surface area contributed by atoms with Crippen LogP contribution in [0.4, 0.5) is 5.95 Å². The lowest BCUT2D eigenvalue weighted by Crippen LogP contribution is -2.36. The number of nitrogens with zero attached hydrogens (tertiary/aromatic N) is 5. The molecule has 9 nitrogen and oxygen atoms in total. The van der Waals surface area contributed by atoms with Gasteiger partial charge >= 0.3 is 0 Å². The molecule has 1 aromatic carbocycles. The van der Waals surface area contributed by atoms with Crippen molar-refractivity contribution in [3.8, 4) is 17.0 Å². The van der Waals surface area contributed by atoms with E-state index in [1.165, 1.54) is 0 Å². The average molecular weight is 407 g/mol. The van der Waals surface area contributed by atoms with E-state index in [-0.39, 0.29) is 6.04 Å². The molecule has 0 bridgehead atoms. The standard InChI is InChI=1S/C21H25N7O2/c1-21(29)8-6-13(7-9-21)23-20-24-18-17(19(25-20)30-3)14(11-22-18)12-4-5-15-16(10-12)28(2)27-26-15/h4-5,10-11,13,29H,6-9H2,1-3H3,(H2,22,23,24,25)/t13-,21-. The van der Waals surface area contributed by atoms with Crippen molar-refractivity contribution in [1.29, 1.82) is 0 Å². The fourth-order valence-electron chi connectivity index (χ4n) is 4.20. The van der Waals surface area contributed by atoms with Crippen molar-refractivity contribution in [2.24, 2.45) is 7.05 Å². The van der Waals surface area contributed by atoms with Crippen molar-refractivity contribution in [2.75, 3.05) is 12.4 Å². The number of hydrogen-bond donors (Lipinski definition) is 3. The molecule has 0 radical (unpaired) electrons. The van der Waals surface area contributed by atoms with Gasteiger partial charge in [0.05, 0.1) is 23.6 Å². The SMILES string of the molecule is COc1nc(N[C@H]2CC[C@](C)(O)CC2)nc2[nH]cc(-c3ccc4nnn(C)c4c3)c12. The first-order valence-electron chi connectivity index (χ1n) is 10.2. The third-order valence-electron chi connectivity index (χ3n) is 6.01. The Hall–Kier alpha value is -3.20. The summed E-state index contributed by atoms with van der Waals surface area (Å²) in [6.07, 6.45) is 5.22. The van der Waals surface area contributed by atoms with E-state index in [1.54, 1.807) is 11.8 Å². The summed E-state index contributed by atoms with van der Waals surface area (Å²) in [6, 6.07) is 6.26. The van der Waals surface area contributed by atoms with Crippen LogP contribution < -0.4 is 10.1 Å². The Balaban J connectivity index is 1.50. The molecule has 0 unspecified atom stereocenters. The summed E-state index contributed by atoms with van der Waals surface area (Å²) in [5, 5.41) is 22.6. The molecule has 0 aliphatic heterocycles. The highest BCUT2D eigenvalue weighted by molar-refractivity contribution is 5.99. The van der Waals surface area contributed by atoms with Crippen molar-refractivity contribution >= 4 is 28.0 Å². The molecule has 30 heavy (non-hydrogen) atoms. The highest BCUT2D eigenvalue weighted by atomic mass is 16.5. The van der Waals surface area contributed by atoms with Crippen LogP contribution in [0.25, 0.3) is 33.2 Å². The maximum Gasteiger partial charge on any atom is 0.228 e. The Bertz CT molecular complexity index is 1220. The lowest BCUT2D eigenvalue weighted by atomic mass is 9.84. The fraction of sp³-hybridized carbons (Fsp3) is 0.429. The molecule has 0 amide bonds. The van der Waals surface area contributed by atoms with Crippen LogP contribution in [0.15, 0.2) is 24.4 Å². The monoisotopic (exact) mass is 407 g/mol. The van der Waals surface area contributed by atoms with E-state index in [1.807, 2.05) is 32.3 Å². The number of aromatic nitrogens is 6. The topological polar surface area (TPSA) is 114 Å². The van der Waals surface area contributed by atoms with E-state index in [9.17, 15) is 5.11 Å². The predicted octanol–water partition coefficient (Wildman–Crippen LogP) is 3.02. The summed E-state index contributed by atoms with van der Waals surface area (Å²) in [4.78, 5) is 12.6. The lowest BCUT2D eigenvalue weighted by Gasteiger charge is -2.33. The third-order valence-corrected chi connectivity index (χ3v) is 6.01. The molecule has 1 aliphatic carbocycles. The summed E-state index contributed by atoms with van der Waals surface area (Å²) < 4.78 is 7.38. The van der Waals surface area contributed by atoms with E-state index in [0.29, 0.717) is 17.5 Å². The second-order valence-corrected chi connectivity index (χ2v) is 8.31. The lowest BCUT2D eigenvalue weighted by molar-refractivity contribution is 0.0195. The zero-order valence-corrected chi connectivity index (χ0v) is 17.3. The Morgan fingerprint density at radius 3 is 2.83 bits per heavy atom. The van der Waals surface area contributed by atoms with Crippen molar-refractivity contribution < 1.29 is 9.84 Å². The molecule has 3 aromatic heterocycles. The number of methoxy groups -OCH3 is 1. The van der Waals surface area contributed by atoms with Gasteiger partial charge in [-0.05, 0) is 50.3 Å². The Morgan fingerprint density at radius 2 is 2.07 bits per heavy atom. The van der Waals surface area contributed by atoms with Crippen molar-refractivity contribution in [3.63, 3.8) is 0 Å². The Kier molecular flexibility index (Phi) is 4.35. The molecular formula is C21H25N7O2. The fourth-order valence-corrected chi connectivity index (χ4v) is 4.20. The van der Waals surface area contributed by atoms with Crippen LogP contribution in [0, 0.1) is 0 Å². The van der Waals surface area contributed by atoms with Gasteiger partial charge in [0.1, 0.15) is 11.2 Å². The highest BCUT2D eigenvalue weighted by Crippen LogP contribution is 2.36. The van der Waals surface area contributed by atoms with Crippen molar-refractivity contribution in [2.45, 2.75) is 44.2 Å². The summed E-state index contributed by atoms with van der Waals surface area (Å²) in [6.45, 7) is 1.90. The number of aliphatic hydroxyl groups is 1. The van der Waals surface area contributed by atoms with Gasteiger partial charge in [0.2, 0.25) is 11.8 Å². The van der Waals surface area contributed by atoms with Gasteiger partial charge in [0.25, 0.3) is 0 Å². The van der Waals surface area contributed by atoms with Gasteiger partial charge in [-0.1, -0.05) is 11.3 Å². The minimum atomic E-state index is -0.570. The number of nitrogens with one attached hydrogen (secondary N) is 2. The van der Waals surface area contributed by atoms with Crippen LogP contribution in [-0.4, -0.2) is 53.8 Å². The quantitative estimate of drug-likeness (QED) is 0.476. The molecule has 3 heterocycles. The molecule has 5 rings (SSSR count). The van der Waals surface area contributed by atoms with Gasteiger partial charge in [-0.15, -0.1) is 5.10 Å². The third kappa shape index (κ3) is 3.24. The number of rotatable bonds is 4. The maximum absolute atomic E-state index is 10.2. The highest BCUT2D eigenvalue weighted by Gasteiger charge is 2.29. The number of fused-ring (bicyclic) bond motifs is 2. The van der Waals surface area contributed by atoms with Crippen LogP contribution in [0.2, 0.25) is 0 Å². The van der Waals surface area contributed by atoms with Crippen LogP contribution in [-0.2, 0) is 7.05 Å². The molecule has 0 saturated heterocycles. The molecule has 0 spiro atoms. The number of ether oxygens (including phenoxy) is 1. The zero-order valence-electron chi connectivity index (χ0n) is 17.3. The number of aromatic amines is 1. The van der Waals surface area contributed by atoms with Gasteiger partial charge in [-0.25, -0.2) is 4.68 Å². The van der Waals surface area contributed by atoms with Crippen LogP contribution in [0.5, 0.6) is 5.88 Å². The number of H-pyrrole nitrogens is 1. The second-order valence-electron chi connectivity index (χ2n) is 8.31. The molecule has 9 heteroatoms. The predicted molar refractivity (Wildman–Crippen MR) is 114 cm³/mol. The summed E-state index contributed by atoms with van der Waals surface area (Å²) in [5.74, 6) is 1.05.